The number of nitrogens with zero attached hydrogens (tertiary/aromatic N) is 1. The van der Waals surface area contributed by atoms with Crippen LogP contribution in [0.3, 0.4) is 0 Å². The Morgan fingerprint density at radius 2 is 2.29 bits per heavy atom. The van der Waals surface area contributed by atoms with E-state index in [0.29, 0.717) is 0 Å². The van der Waals surface area contributed by atoms with Crippen molar-refractivity contribution < 1.29 is 61.3 Å². The first-order chi connectivity index (χ1) is 2.77. The zero-order valence-electron chi connectivity index (χ0n) is 3.97. The van der Waals surface area contributed by atoms with Crippen LogP contribution in [0.15, 0.2) is 0 Å². The van der Waals surface area contributed by atoms with Crippen LogP contribution in [0.5, 0.6) is 0 Å². The first kappa shape index (κ1) is 10.6. The molecule has 0 unspecified atom stereocenters. The fourth-order valence-corrected chi connectivity index (χ4v) is 0.0645. The number of hydrogen-bond donors (Lipinski definition) is 0. The standard InChI is InChI=1S/C3H3NO2.K/c1-4-2-3(5)6;/h2H2,(H,5,6);/q;+1/p-1. The van der Waals surface area contributed by atoms with Crippen LogP contribution in [0.4, 0.5) is 0 Å². The second kappa shape index (κ2) is 6.60. The van der Waals surface area contributed by atoms with E-state index in [9.17, 15) is 9.90 Å². The third-order valence-electron chi connectivity index (χ3n) is 0.208. The van der Waals surface area contributed by atoms with Crippen LogP contribution in [0.25, 0.3) is 4.85 Å². The van der Waals surface area contributed by atoms with Gasteiger partial charge in [0.2, 0.25) is 0 Å². The van der Waals surface area contributed by atoms with E-state index >= 15 is 0 Å². The van der Waals surface area contributed by atoms with E-state index in [1.165, 1.54) is 0 Å². The van der Waals surface area contributed by atoms with Gasteiger partial charge >= 0.3 is 51.4 Å². The molecule has 0 bridgehead atoms. The Kier molecular flexibility index (Phi) is 9.95. The van der Waals surface area contributed by atoms with Crippen LogP contribution in [0, 0.1) is 6.57 Å². The number of carbonyl (C=O) groups is 1. The molecule has 0 radical (unpaired) electrons. The first-order valence-corrected chi connectivity index (χ1v) is 1.30. The van der Waals surface area contributed by atoms with Gasteiger partial charge in [0.25, 0.3) is 6.54 Å². The Hall–Kier alpha value is 0.596. The number of carboxylic acid groups (broad SMARTS) is 1. The molecule has 3 nitrogen and oxygen atoms in total. The van der Waals surface area contributed by atoms with Gasteiger partial charge in [-0.15, -0.1) is 0 Å². The van der Waals surface area contributed by atoms with Crippen molar-refractivity contribution in [3.63, 3.8) is 0 Å². The van der Waals surface area contributed by atoms with Crippen molar-refractivity contribution >= 4 is 5.97 Å². The summed E-state index contributed by atoms with van der Waals surface area (Å²) in [5, 5.41) is 9.27. The molecule has 0 atom stereocenters. The molecule has 0 spiro atoms. The Labute approximate surface area is 84.0 Å². The fraction of sp³-hybridized carbons (Fsp3) is 0.333. The third kappa shape index (κ3) is 10.8. The van der Waals surface area contributed by atoms with Gasteiger partial charge in [0, 0.05) is 0 Å². The van der Waals surface area contributed by atoms with Crippen molar-refractivity contribution in [2.75, 3.05) is 6.54 Å². The summed E-state index contributed by atoms with van der Waals surface area (Å²) in [6.45, 7) is 5.41. The van der Waals surface area contributed by atoms with Gasteiger partial charge in [0.15, 0.2) is 0 Å². The molecule has 0 aromatic carbocycles. The average molecular weight is 123 g/mol. The summed E-state index contributed by atoms with van der Waals surface area (Å²) in [6.07, 6.45) is 0. The fourth-order valence-electron chi connectivity index (χ4n) is 0.0645. The van der Waals surface area contributed by atoms with Gasteiger partial charge in [-0.3, -0.25) is 0 Å². The number of hydrogen-bond acceptors (Lipinski definition) is 2. The summed E-state index contributed by atoms with van der Waals surface area (Å²) in [5.41, 5.74) is 0. The van der Waals surface area contributed by atoms with Crippen molar-refractivity contribution in [2.45, 2.75) is 0 Å². The second-order valence-corrected chi connectivity index (χ2v) is 0.688. The Morgan fingerprint density at radius 1 is 1.86 bits per heavy atom. The van der Waals surface area contributed by atoms with E-state index in [1.54, 1.807) is 0 Å². The smallest absolute Gasteiger partial charge is 0.543 e. The SMILES string of the molecule is [C-]#[N+]CC(=O)[O-].[K+]. The minimum atomic E-state index is -1.31. The first-order valence-electron chi connectivity index (χ1n) is 1.30. The third-order valence-corrected chi connectivity index (χ3v) is 0.208. The molecule has 0 aliphatic heterocycles. The molecule has 0 rings (SSSR count). The zero-order chi connectivity index (χ0) is 4.99. The topological polar surface area (TPSA) is 44.5 Å². The van der Waals surface area contributed by atoms with Gasteiger partial charge in [-0.1, -0.05) is 0 Å². The summed E-state index contributed by atoms with van der Waals surface area (Å²) < 4.78 is 0. The molecular weight excluding hydrogens is 121 g/mol. The van der Waals surface area contributed by atoms with Gasteiger partial charge < -0.3 is 14.7 Å². The maximum Gasteiger partial charge on any atom is 1.00 e. The van der Waals surface area contributed by atoms with Gasteiger partial charge in [-0.2, -0.15) is 0 Å². The predicted molar refractivity (Wildman–Crippen MR) is 16.5 cm³/mol. The minimum Gasteiger partial charge on any atom is -0.543 e. The molecule has 0 amide bonds. The van der Waals surface area contributed by atoms with E-state index < -0.39 is 12.5 Å². The molecule has 4 heteroatoms. The Morgan fingerprint density at radius 3 is 2.29 bits per heavy atom. The van der Waals surface area contributed by atoms with Gasteiger partial charge in [0.1, 0.15) is 5.97 Å². The largest absolute Gasteiger partial charge is 1.00 e. The summed E-state index contributed by atoms with van der Waals surface area (Å²) >= 11 is 0. The van der Waals surface area contributed by atoms with E-state index in [4.69, 9.17) is 6.57 Å². The van der Waals surface area contributed by atoms with Crippen LogP contribution >= 0.6 is 0 Å². The molecule has 0 saturated heterocycles. The summed E-state index contributed by atoms with van der Waals surface area (Å²) in [5.74, 6) is -1.31. The molecule has 0 N–H and O–H groups in total. The molecule has 0 fully saturated rings. The minimum absolute atomic E-state index is 0. The number of rotatable bonds is 1. The Bertz CT molecular complexity index is 95.6. The van der Waals surface area contributed by atoms with E-state index in [1.807, 2.05) is 0 Å². The molecule has 0 aromatic rings. The molecule has 0 aliphatic carbocycles. The molecule has 0 aliphatic rings. The monoisotopic (exact) mass is 123 g/mol. The molecule has 0 heterocycles. The van der Waals surface area contributed by atoms with Gasteiger partial charge in [-0.05, 0) is 0 Å². The van der Waals surface area contributed by atoms with Crippen molar-refractivity contribution in [3.8, 4) is 0 Å². The predicted octanol–water partition coefficient (Wildman–Crippen LogP) is -4.34. The van der Waals surface area contributed by atoms with Crippen molar-refractivity contribution in [1.82, 2.24) is 0 Å². The zero-order valence-corrected chi connectivity index (χ0v) is 7.09. The van der Waals surface area contributed by atoms with E-state index in [0.717, 1.165) is 0 Å². The summed E-state index contributed by atoms with van der Waals surface area (Å²) in [4.78, 5) is 11.8. The van der Waals surface area contributed by atoms with Crippen LogP contribution in [0.1, 0.15) is 0 Å². The van der Waals surface area contributed by atoms with Crippen LogP contribution in [0.2, 0.25) is 0 Å². The van der Waals surface area contributed by atoms with Crippen LogP contribution in [-0.2, 0) is 4.79 Å². The molecule has 32 valence electrons. The molecule has 0 saturated carbocycles. The number of aliphatic carboxylic acids is 1. The molecule has 7 heavy (non-hydrogen) atoms. The maximum atomic E-state index is 9.27. The van der Waals surface area contributed by atoms with Gasteiger partial charge in [0.05, 0.1) is 0 Å². The van der Waals surface area contributed by atoms with Crippen LogP contribution < -0.4 is 56.5 Å². The maximum absolute atomic E-state index is 9.27. The Balaban J connectivity index is 0. The summed E-state index contributed by atoms with van der Waals surface area (Å²) in [7, 11) is 0. The average Bonchev–Trinajstić information content (AvgIpc) is 1.35. The van der Waals surface area contributed by atoms with Crippen molar-refractivity contribution in [2.24, 2.45) is 0 Å². The van der Waals surface area contributed by atoms with Crippen molar-refractivity contribution in [1.29, 1.82) is 0 Å². The quantitative estimate of drug-likeness (QED) is 0.261. The molecule has 0 aromatic heterocycles. The van der Waals surface area contributed by atoms with Crippen molar-refractivity contribution in [3.05, 3.63) is 11.4 Å². The van der Waals surface area contributed by atoms with E-state index in [2.05, 4.69) is 4.85 Å². The normalized spacial score (nSPS) is 5.57. The van der Waals surface area contributed by atoms with E-state index in [-0.39, 0.29) is 51.4 Å². The number of carbonyl (C=O) groups excluding carboxylic acids is 1. The second-order valence-electron chi connectivity index (χ2n) is 0.688. The van der Waals surface area contributed by atoms with Crippen LogP contribution in [-0.4, -0.2) is 12.5 Å². The van der Waals surface area contributed by atoms with Gasteiger partial charge in [-0.25, -0.2) is 6.57 Å². The summed E-state index contributed by atoms with van der Waals surface area (Å²) in [6, 6.07) is 0. The molecular formula is C3H2KNO2. The number of carboxylic acids is 1.